The van der Waals surface area contributed by atoms with E-state index >= 15 is 0 Å². The van der Waals surface area contributed by atoms with Crippen molar-refractivity contribution in [3.8, 4) is 5.75 Å². The number of hydrogen-bond acceptors (Lipinski definition) is 1. The highest BCUT2D eigenvalue weighted by Gasteiger charge is 2.03. The normalized spacial score (nSPS) is 10.8. The average Bonchev–Trinajstić information content (AvgIpc) is 2.38. The van der Waals surface area contributed by atoms with Crippen molar-refractivity contribution in [2.45, 2.75) is 26.4 Å². The van der Waals surface area contributed by atoms with Gasteiger partial charge in [0.05, 0.1) is 5.02 Å². The Morgan fingerprint density at radius 2 is 1.79 bits per heavy atom. The highest BCUT2D eigenvalue weighted by molar-refractivity contribution is 9.10. The Morgan fingerprint density at radius 1 is 1.11 bits per heavy atom. The first-order valence-electron chi connectivity index (χ1n) is 6.23. The number of halogens is 2. The van der Waals surface area contributed by atoms with Gasteiger partial charge in [0.15, 0.2) is 0 Å². The van der Waals surface area contributed by atoms with Crippen LogP contribution in [0.25, 0.3) is 0 Å². The molecule has 0 radical (unpaired) electrons. The Hall–Kier alpha value is -0.990. The van der Waals surface area contributed by atoms with Gasteiger partial charge in [-0.3, -0.25) is 0 Å². The summed E-state index contributed by atoms with van der Waals surface area (Å²) in [7, 11) is 0. The molecule has 0 unspecified atom stereocenters. The van der Waals surface area contributed by atoms with E-state index in [1.807, 2.05) is 18.2 Å². The largest absolute Gasteiger partial charge is 0.487 e. The molecule has 0 amide bonds. The van der Waals surface area contributed by atoms with Crippen LogP contribution in [0.4, 0.5) is 0 Å². The number of benzene rings is 2. The first-order chi connectivity index (χ1) is 9.06. The maximum atomic E-state index is 6.11. The van der Waals surface area contributed by atoms with Crippen molar-refractivity contribution in [2.24, 2.45) is 0 Å². The SMILES string of the molecule is CC(C)c1ccc(COc2ccc(Br)cc2Cl)cc1. The van der Waals surface area contributed by atoms with Gasteiger partial charge in [0.1, 0.15) is 12.4 Å². The van der Waals surface area contributed by atoms with E-state index in [4.69, 9.17) is 16.3 Å². The molecular formula is C16H16BrClO. The molecule has 0 aliphatic rings. The maximum absolute atomic E-state index is 6.11. The van der Waals surface area contributed by atoms with Gasteiger partial charge in [0, 0.05) is 4.47 Å². The van der Waals surface area contributed by atoms with Crippen LogP contribution in [-0.2, 0) is 6.61 Å². The Balaban J connectivity index is 2.02. The first kappa shape index (κ1) is 14.4. The van der Waals surface area contributed by atoms with Crippen molar-refractivity contribution in [3.63, 3.8) is 0 Å². The van der Waals surface area contributed by atoms with Gasteiger partial charge in [-0.05, 0) is 35.2 Å². The van der Waals surface area contributed by atoms with Gasteiger partial charge >= 0.3 is 0 Å². The second-order valence-electron chi connectivity index (χ2n) is 4.76. The third kappa shape index (κ3) is 3.99. The second kappa shape index (κ2) is 6.44. The van der Waals surface area contributed by atoms with E-state index < -0.39 is 0 Å². The van der Waals surface area contributed by atoms with Crippen LogP contribution in [0.5, 0.6) is 5.75 Å². The van der Waals surface area contributed by atoms with Crippen LogP contribution in [0.15, 0.2) is 46.9 Å². The number of rotatable bonds is 4. The zero-order chi connectivity index (χ0) is 13.8. The molecule has 100 valence electrons. The Kier molecular flexibility index (Phi) is 4.89. The molecule has 0 spiro atoms. The molecule has 0 bridgehead atoms. The molecule has 0 aliphatic heterocycles. The summed E-state index contributed by atoms with van der Waals surface area (Å²) in [5, 5.41) is 0.619. The molecule has 2 aromatic carbocycles. The lowest BCUT2D eigenvalue weighted by atomic mass is 10.0. The fourth-order valence-corrected chi connectivity index (χ4v) is 2.48. The monoisotopic (exact) mass is 338 g/mol. The van der Waals surface area contributed by atoms with Gasteiger partial charge in [-0.1, -0.05) is 65.6 Å². The van der Waals surface area contributed by atoms with E-state index in [0.29, 0.717) is 23.3 Å². The number of ether oxygens (including phenoxy) is 1. The molecule has 0 heterocycles. The minimum Gasteiger partial charge on any atom is -0.487 e. The van der Waals surface area contributed by atoms with Gasteiger partial charge < -0.3 is 4.74 Å². The third-order valence-electron chi connectivity index (χ3n) is 2.93. The fourth-order valence-electron chi connectivity index (χ4n) is 1.75. The highest BCUT2D eigenvalue weighted by atomic mass is 79.9. The van der Waals surface area contributed by atoms with E-state index in [1.165, 1.54) is 5.56 Å². The van der Waals surface area contributed by atoms with Crippen LogP contribution >= 0.6 is 27.5 Å². The van der Waals surface area contributed by atoms with Gasteiger partial charge in [-0.25, -0.2) is 0 Å². The zero-order valence-electron chi connectivity index (χ0n) is 11.0. The summed E-state index contributed by atoms with van der Waals surface area (Å²) in [5.41, 5.74) is 2.48. The summed E-state index contributed by atoms with van der Waals surface area (Å²) in [6.07, 6.45) is 0. The predicted octanol–water partition coefficient (Wildman–Crippen LogP) is 5.80. The van der Waals surface area contributed by atoms with E-state index in [0.717, 1.165) is 10.0 Å². The highest BCUT2D eigenvalue weighted by Crippen LogP contribution is 2.28. The molecular weight excluding hydrogens is 324 g/mol. The van der Waals surface area contributed by atoms with Gasteiger partial charge in [0.2, 0.25) is 0 Å². The average molecular weight is 340 g/mol. The van der Waals surface area contributed by atoms with Crippen LogP contribution in [0.2, 0.25) is 5.02 Å². The second-order valence-corrected chi connectivity index (χ2v) is 6.08. The molecule has 19 heavy (non-hydrogen) atoms. The fraction of sp³-hybridized carbons (Fsp3) is 0.250. The predicted molar refractivity (Wildman–Crippen MR) is 84.0 cm³/mol. The quantitative estimate of drug-likeness (QED) is 0.683. The van der Waals surface area contributed by atoms with Gasteiger partial charge in [-0.15, -0.1) is 0 Å². The first-order valence-corrected chi connectivity index (χ1v) is 7.40. The molecule has 1 nitrogen and oxygen atoms in total. The van der Waals surface area contributed by atoms with Crippen LogP contribution in [0, 0.1) is 0 Å². The van der Waals surface area contributed by atoms with Crippen molar-refractivity contribution < 1.29 is 4.74 Å². The van der Waals surface area contributed by atoms with Crippen molar-refractivity contribution in [3.05, 3.63) is 63.1 Å². The van der Waals surface area contributed by atoms with Gasteiger partial charge in [-0.2, -0.15) is 0 Å². The van der Waals surface area contributed by atoms with Crippen LogP contribution in [-0.4, -0.2) is 0 Å². The van der Waals surface area contributed by atoms with Crippen molar-refractivity contribution >= 4 is 27.5 Å². The molecule has 0 aliphatic carbocycles. The molecule has 0 saturated carbocycles. The lowest BCUT2D eigenvalue weighted by molar-refractivity contribution is 0.306. The summed E-state index contributed by atoms with van der Waals surface area (Å²) >= 11 is 9.48. The summed E-state index contributed by atoms with van der Waals surface area (Å²) in [4.78, 5) is 0. The minimum absolute atomic E-state index is 0.528. The van der Waals surface area contributed by atoms with E-state index in [9.17, 15) is 0 Å². The third-order valence-corrected chi connectivity index (χ3v) is 3.72. The topological polar surface area (TPSA) is 9.23 Å². The lowest BCUT2D eigenvalue weighted by Crippen LogP contribution is -1.96. The van der Waals surface area contributed by atoms with Crippen molar-refractivity contribution in [1.82, 2.24) is 0 Å². The minimum atomic E-state index is 0.528. The summed E-state index contributed by atoms with van der Waals surface area (Å²) in [5.74, 6) is 1.26. The summed E-state index contributed by atoms with van der Waals surface area (Å²) in [6.45, 7) is 4.90. The van der Waals surface area contributed by atoms with Crippen LogP contribution in [0.3, 0.4) is 0 Å². The molecule has 0 fully saturated rings. The smallest absolute Gasteiger partial charge is 0.138 e. The van der Waals surface area contributed by atoms with Crippen molar-refractivity contribution in [1.29, 1.82) is 0 Å². The lowest BCUT2D eigenvalue weighted by Gasteiger charge is -2.10. The van der Waals surface area contributed by atoms with Crippen LogP contribution < -0.4 is 4.74 Å². The van der Waals surface area contributed by atoms with Crippen LogP contribution in [0.1, 0.15) is 30.9 Å². The molecule has 0 N–H and O–H groups in total. The number of hydrogen-bond donors (Lipinski definition) is 0. The molecule has 2 aromatic rings. The van der Waals surface area contributed by atoms with Crippen molar-refractivity contribution in [2.75, 3.05) is 0 Å². The van der Waals surface area contributed by atoms with E-state index in [1.54, 1.807) is 0 Å². The Morgan fingerprint density at radius 3 is 2.37 bits per heavy atom. The molecule has 2 rings (SSSR count). The molecule has 0 saturated heterocycles. The van der Waals surface area contributed by atoms with E-state index in [2.05, 4.69) is 54.0 Å². The standard InChI is InChI=1S/C16H16BrClO/c1-11(2)13-5-3-12(4-6-13)10-19-16-8-7-14(17)9-15(16)18/h3-9,11H,10H2,1-2H3. The molecule has 0 atom stereocenters. The summed E-state index contributed by atoms with van der Waals surface area (Å²) < 4.78 is 6.68. The summed E-state index contributed by atoms with van der Waals surface area (Å²) in [6, 6.07) is 14.1. The Labute approximate surface area is 127 Å². The molecule has 3 heteroatoms. The Bertz CT molecular complexity index is 549. The maximum Gasteiger partial charge on any atom is 0.138 e. The molecule has 0 aromatic heterocycles. The van der Waals surface area contributed by atoms with Gasteiger partial charge in [0.25, 0.3) is 0 Å². The van der Waals surface area contributed by atoms with E-state index in [-0.39, 0.29) is 0 Å². The zero-order valence-corrected chi connectivity index (χ0v) is 13.3.